The van der Waals surface area contributed by atoms with E-state index >= 15 is 0 Å². The standard InChI is InChI=1S/C27H34ClN4O2P/c1-29-21-11-13-32(14-12-21)22-10-9-19(25(17-22)34-2)16-27-30-18-23(28)24(31-27)15-20-7-5-6-8-26(20)35(3,4)33/h5-10,17-18,21,29H,11-16H2,1-4H3. The highest BCUT2D eigenvalue weighted by Gasteiger charge is 2.20. The first-order valence-electron chi connectivity index (χ1n) is 12.0. The van der Waals surface area contributed by atoms with Gasteiger partial charge in [-0.15, -0.1) is 0 Å². The number of piperidine rings is 1. The molecule has 3 aromatic rings. The first-order chi connectivity index (χ1) is 16.8. The SMILES string of the molecule is CNC1CCN(c2ccc(Cc3ncc(Cl)c(Cc4ccccc4P(C)(C)=O)n3)c(OC)c2)CC1. The smallest absolute Gasteiger partial charge is 0.133 e. The molecular weight excluding hydrogens is 479 g/mol. The van der Waals surface area contributed by atoms with Crippen molar-refractivity contribution >= 4 is 29.7 Å². The van der Waals surface area contributed by atoms with Crippen LogP contribution in [-0.2, 0) is 17.4 Å². The maximum Gasteiger partial charge on any atom is 0.133 e. The molecule has 1 saturated heterocycles. The Hall–Kier alpha value is -2.40. The summed E-state index contributed by atoms with van der Waals surface area (Å²) in [5, 5.41) is 4.76. The number of benzene rings is 2. The second kappa shape index (κ2) is 11.1. The average molecular weight is 513 g/mol. The van der Waals surface area contributed by atoms with Gasteiger partial charge < -0.3 is 19.5 Å². The number of halogens is 1. The van der Waals surface area contributed by atoms with E-state index in [-0.39, 0.29) is 0 Å². The number of ether oxygens (including phenoxy) is 1. The molecule has 1 aliphatic heterocycles. The monoisotopic (exact) mass is 512 g/mol. The summed E-state index contributed by atoms with van der Waals surface area (Å²) in [6.07, 6.45) is 4.98. The second-order valence-corrected chi connectivity index (χ2v) is 13.1. The maximum absolute atomic E-state index is 12.8. The molecule has 0 amide bonds. The van der Waals surface area contributed by atoms with Gasteiger partial charge in [0.15, 0.2) is 0 Å². The molecule has 0 unspecified atom stereocenters. The minimum absolute atomic E-state index is 0.509. The van der Waals surface area contributed by atoms with E-state index in [1.54, 1.807) is 26.6 Å². The van der Waals surface area contributed by atoms with Gasteiger partial charge in [-0.25, -0.2) is 9.97 Å². The highest BCUT2D eigenvalue weighted by atomic mass is 35.5. The molecule has 1 aromatic heterocycles. The number of aromatic nitrogens is 2. The topological polar surface area (TPSA) is 67.4 Å². The fourth-order valence-corrected chi connectivity index (χ4v) is 6.14. The van der Waals surface area contributed by atoms with E-state index in [1.807, 2.05) is 31.3 Å². The Morgan fingerprint density at radius 2 is 1.86 bits per heavy atom. The van der Waals surface area contributed by atoms with Gasteiger partial charge in [0.05, 0.1) is 17.8 Å². The van der Waals surface area contributed by atoms with Crippen molar-refractivity contribution in [3.8, 4) is 5.75 Å². The van der Waals surface area contributed by atoms with E-state index in [0.29, 0.717) is 29.7 Å². The van der Waals surface area contributed by atoms with E-state index in [0.717, 1.165) is 53.8 Å². The molecule has 6 nitrogen and oxygen atoms in total. The fourth-order valence-electron chi connectivity index (χ4n) is 4.69. The molecule has 1 N–H and O–H groups in total. The molecule has 35 heavy (non-hydrogen) atoms. The van der Waals surface area contributed by atoms with Crippen LogP contribution < -0.4 is 20.3 Å². The summed E-state index contributed by atoms with van der Waals surface area (Å²) < 4.78 is 18.5. The Balaban J connectivity index is 1.54. The zero-order valence-corrected chi connectivity index (χ0v) is 22.6. The van der Waals surface area contributed by atoms with Gasteiger partial charge in [-0.05, 0) is 44.8 Å². The number of rotatable bonds is 8. The zero-order valence-electron chi connectivity index (χ0n) is 20.9. The predicted octanol–water partition coefficient (Wildman–Crippen LogP) is 4.76. The zero-order chi connectivity index (χ0) is 25.0. The quantitative estimate of drug-likeness (QED) is 0.439. The summed E-state index contributed by atoms with van der Waals surface area (Å²) in [7, 11) is 1.32. The van der Waals surface area contributed by atoms with E-state index in [2.05, 4.69) is 33.4 Å². The normalized spacial score (nSPS) is 14.8. The van der Waals surface area contributed by atoms with E-state index in [4.69, 9.17) is 21.3 Å². The van der Waals surface area contributed by atoms with Crippen molar-refractivity contribution in [2.24, 2.45) is 0 Å². The third kappa shape index (κ3) is 6.24. The lowest BCUT2D eigenvalue weighted by molar-refractivity contribution is 0.409. The van der Waals surface area contributed by atoms with Crippen molar-refractivity contribution in [3.63, 3.8) is 0 Å². The highest BCUT2D eigenvalue weighted by Crippen LogP contribution is 2.36. The molecule has 1 aliphatic rings. The first kappa shape index (κ1) is 25.7. The molecule has 1 fully saturated rings. The summed E-state index contributed by atoms with van der Waals surface area (Å²) in [6.45, 7) is 5.64. The number of hydrogen-bond donors (Lipinski definition) is 1. The molecule has 186 valence electrons. The van der Waals surface area contributed by atoms with Crippen molar-refractivity contribution in [3.05, 3.63) is 76.3 Å². The van der Waals surface area contributed by atoms with Crippen LogP contribution in [-0.4, -0.2) is 56.6 Å². The Labute approximate surface area is 213 Å². The van der Waals surface area contributed by atoms with Gasteiger partial charge in [-0.1, -0.05) is 41.9 Å². The van der Waals surface area contributed by atoms with Gasteiger partial charge in [0.25, 0.3) is 0 Å². The molecule has 2 aromatic carbocycles. The summed E-state index contributed by atoms with van der Waals surface area (Å²) in [5.41, 5.74) is 3.93. The van der Waals surface area contributed by atoms with Gasteiger partial charge in [0.2, 0.25) is 0 Å². The van der Waals surface area contributed by atoms with Crippen molar-refractivity contribution in [1.29, 1.82) is 0 Å². The van der Waals surface area contributed by atoms with Crippen LogP contribution in [0.15, 0.2) is 48.7 Å². The van der Waals surface area contributed by atoms with Crippen LogP contribution in [0.3, 0.4) is 0 Å². The van der Waals surface area contributed by atoms with Crippen LogP contribution in [0.4, 0.5) is 5.69 Å². The summed E-state index contributed by atoms with van der Waals surface area (Å²) >= 11 is 6.47. The summed E-state index contributed by atoms with van der Waals surface area (Å²) in [4.78, 5) is 11.7. The van der Waals surface area contributed by atoms with Crippen LogP contribution in [0.1, 0.15) is 35.5 Å². The van der Waals surface area contributed by atoms with Gasteiger partial charge in [-0.2, -0.15) is 0 Å². The fraction of sp³-hybridized carbons (Fsp3) is 0.407. The third-order valence-corrected chi connectivity index (χ3v) is 8.60. The Bertz CT molecular complexity index is 1220. The van der Waals surface area contributed by atoms with Gasteiger partial charge in [0, 0.05) is 60.8 Å². The first-order valence-corrected chi connectivity index (χ1v) is 15.0. The maximum atomic E-state index is 12.8. The number of nitrogens with one attached hydrogen (secondary N) is 1. The number of hydrogen-bond acceptors (Lipinski definition) is 6. The molecule has 0 atom stereocenters. The summed E-state index contributed by atoms with van der Waals surface area (Å²) in [6, 6.07) is 14.8. The Morgan fingerprint density at radius 1 is 1.11 bits per heavy atom. The van der Waals surface area contributed by atoms with Crippen molar-refractivity contribution in [1.82, 2.24) is 15.3 Å². The van der Waals surface area contributed by atoms with Gasteiger partial charge >= 0.3 is 0 Å². The van der Waals surface area contributed by atoms with Crippen LogP contribution in [0, 0.1) is 0 Å². The van der Waals surface area contributed by atoms with Crippen molar-refractivity contribution in [2.45, 2.75) is 31.7 Å². The predicted molar refractivity (Wildman–Crippen MR) is 145 cm³/mol. The molecular formula is C27H34ClN4O2P. The summed E-state index contributed by atoms with van der Waals surface area (Å²) in [5.74, 6) is 1.51. The molecule has 0 spiro atoms. The van der Waals surface area contributed by atoms with Crippen molar-refractivity contribution < 1.29 is 9.30 Å². The largest absolute Gasteiger partial charge is 0.496 e. The highest BCUT2D eigenvalue weighted by molar-refractivity contribution is 7.70. The van der Waals surface area contributed by atoms with Crippen LogP contribution in [0.5, 0.6) is 5.75 Å². The minimum Gasteiger partial charge on any atom is -0.496 e. The number of anilines is 1. The molecule has 0 aliphatic carbocycles. The van der Waals surface area contributed by atoms with Crippen LogP contribution >= 0.6 is 18.7 Å². The molecule has 0 radical (unpaired) electrons. The van der Waals surface area contributed by atoms with Crippen LogP contribution in [0.25, 0.3) is 0 Å². The number of nitrogens with zero attached hydrogens (tertiary/aromatic N) is 3. The van der Waals surface area contributed by atoms with E-state index < -0.39 is 7.14 Å². The lowest BCUT2D eigenvalue weighted by Gasteiger charge is -2.33. The van der Waals surface area contributed by atoms with E-state index in [1.165, 1.54) is 5.69 Å². The molecule has 0 bridgehead atoms. The third-order valence-electron chi connectivity index (χ3n) is 6.68. The average Bonchev–Trinajstić information content (AvgIpc) is 2.86. The lowest BCUT2D eigenvalue weighted by Crippen LogP contribution is -2.41. The van der Waals surface area contributed by atoms with Gasteiger partial charge in [0.1, 0.15) is 18.7 Å². The molecule has 4 rings (SSSR count). The van der Waals surface area contributed by atoms with Crippen molar-refractivity contribution in [2.75, 3.05) is 45.5 Å². The Kier molecular flexibility index (Phi) is 8.16. The van der Waals surface area contributed by atoms with E-state index in [9.17, 15) is 4.57 Å². The number of methoxy groups -OCH3 is 1. The van der Waals surface area contributed by atoms with Crippen LogP contribution in [0.2, 0.25) is 5.02 Å². The molecule has 0 saturated carbocycles. The van der Waals surface area contributed by atoms with Gasteiger partial charge in [-0.3, -0.25) is 0 Å². The second-order valence-electron chi connectivity index (χ2n) is 9.46. The molecule has 8 heteroatoms. The Morgan fingerprint density at radius 3 is 2.54 bits per heavy atom. The minimum atomic E-state index is -2.42. The lowest BCUT2D eigenvalue weighted by atomic mass is 10.0. The molecule has 2 heterocycles.